The number of carbonyl (C=O) groups excluding carboxylic acids is 2. The molecule has 0 N–H and O–H groups in total. The van der Waals surface area contributed by atoms with Crippen LogP contribution in [0.15, 0.2) is 85.1 Å². The number of benzene rings is 2. The first kappa shape index (κ1) is 27.2. The van der Waals surface area contributed by atoms with Gasteiger partial charge in [-0.05, 0) is 36.2 Å². The predicted molar refractivity (Wildman–Crippen MR) is 156 cm³/mol. The summed E-state index contributed by atoms with van der Waals surface area (Å²) in [6.07, 6.45) is 2.86. The maximum atomic E-state index is 14.4. The molecule has 7 nitrogen and oxygen atoms in total. The van der Waals surface area contributed by atoms with Gasteiger partial charge >= 0.3 is 5.97 Å². The molecule has 5 rings (SSSR count). The topological polar surface area (TPSA) is 66.0 Å². The van der Waals surface area contributed by atoms with Crippen LogP contribution in [-0.4, -0.2) is 90.1 Å². The standard InChI is InChI=1S/C31H36N4O3S/c1-38-29(36)23-39-27-15-17-33(22-27)20-26-21-34(28-14-8-9-16-32-28)18-19-35(26)31(37)30(24-10-4-2-5-11-24)25-12-6-3-7-13-25/h2-14,16,26-27,30H,15,17-23H2,1H3. The Bertz CT molecular complexity index is 1170. The number of likely N-dealkylation sites (tertiary alicyclic amines) is 1. The summed E-state index contributed by atoms with van der Waals surface area (Å²) in [4.78, 5) is 37.5. The van der Waals surface area contributed by atoms with Gasteiger partial charge in [-0.2, -0.15) is 0 Å². The van der Waals surface area contributed by atoms with Gasteiger partial charge in [0.15, 0.2) is 0 Å². The Morgan fingerprint density at radius 1 is 0.923 bits per heavy atom. The number of rotatable bonds is 9. The van der Waals surface area contributed by atoms with E-state index in [4.69, 9.17) is 4.74 Å². The molecule has 2 saturated heterocycles. The van der Waals surface area contributed by atoms with E-state index in [-0.39, 0.29) is 23.8 Å². The third-order valence-corrected chi connectivity index (χ3v) is 8.87. The van der Waals surface area contributed by atoms with Crippen LogP contribution in [0.1, 0.15) is 23.5 Å². The van der Waals surface area contributed by atoms with Crippen LogP contribution < -0.4 is 4.90 Å². The number of nitrogens with zero attached hydrogens (tertiary/aromatic N) is 4. The highest BCUT2D eigenvalue weighted by molar-refractivity contribution is 8.00. The number of aromatic nitrogens is 1. The van der Waals surface area contributed by atoms with Crippen LogP contribution in [0.2, 0.25) is 0 Å². The van der Waals surface area contributed by atoms with Crippen molar-refractivity contribution in [3.8, 4) is 0 Å². The number of piperazine rings is 1. The van der Waals surface area contributed by atoms with E-state index in [1.165, 1.54) is 7.11 Å². The van der Waals surface area contributed by atoms with Gasteiger partial charge in [-0.1, -0.05) is 66.7 Å². The summed E-state index contributed by atoms with van der Waals surface area (Å²) in [5.74, 6) is 0.950. The Labute approximate surface area is 235 Å². The summed E-state index contributed by atoms with van der Waals surface area (Å²) in [6.45, 7) is 4.78. The van der Waals surface area contributed by atoms with Crippen molar-refractivity contribution in [2.45, 2.75) is 23.6 Å². The molecule has 2 atom stereocenters. The van der Waals surface area contributed by atoms with E-state index in [2.05, 4.69) is 43.9 Å². The molecule has 1 aromatic heterocycles. The van der Waals surface area contributed by atoms with Crippen molar-refractivity contribution in [3.05, 3.63) is 96.2 Å². The Morgan fingerprint density at radius 3 is 2.26 bits per heavy atom. The second-order valence-electron chi connectivity index (χ2n) is 10.1. The molecule has 204 valence electrons. The zero-order valence-corrected chi connectivity index (χ0v) is 23.2. The molecule has 3 aromatic rings. The Morgan fingerprint density at radius 2 is 1.62 bits per heavy atom. The molecule has 3 heterocycles. The number of hydrogen-bond acceptors (Lipinski definition) is 7. The fourth-order valence-corrected chi connectivity index (χ4v) is 6.70. The summed E-state index contributed by atoms with van der Waals surface area (Å²) in [7, 11) is 1.43. The van der Waals surface area contributed by atoms with Crippen LogP contribution in [0.5, 0.6) is 0 Å². The fourth-order valence-electron chi connectivity index (χ4n) is 5.63. The number of pyridine rings is 1. The van der Waals surface area contributed by atoms with E-state index in [1.54, 1.807) is 11.8 Å². The zero-order chi connectivity index (χ0) is 27.0. The molecule has 2 unspecified atom stereocenters. The van der Waals surface area contributed by atoms with Crippen LogP contribution in [0.3, 0.4) is 0 Å². The van der Waals surface area contributed by atoms with Gasteiger partial charge in [0.1, 0.15) is 5.82 Å². The number of ether oxygens (including phenoxy) is 1. The monoisotopic (exact) mass is 544 g/mol. The van der Waals surface area contributed by atoms with Gasteiger partial charge in [0.05, 0.1) is 24.8 Å². The molecular weight excluding hydrogens is 508 g/mol. The molecule has 0 aliphatic carbocycles. The highest BCUT2D eigenvalue weighted by atomic mass is 32.2. The lowest BCUT2D eigenvalue weighted by atomic mass is 9.89. The van der Waals surface area contributed by atoms with Crippen LogP contribution in [-0.2, 0) is 14.3 Å². The first-order chi connectivity index (χ1) is 19.1. The minimum Gasteiger partial charge on any atom is -0.468 e. The lowest BCUT2D eigenvalue weighted by Crippen LogP contribution is -2.59. The largest absolute Gasteiger partial charge is 0.468 e. The molecule has 8 heteroatoms. The maximum Gasteiger partial charge on any atom is 0.315 e. The number of esters is 1. The van der Waals surface area contributed by atoms with Crippen LogP contribution >= 0.6 is 11.8 Å². The molecule has 0 saturated carbocycles. The molecule has 2 fully saturated rings. The number of carbonyl (C=O) groups is 2. The van der Waals surface area contributed by atoms with Gasteiger partial charge < -0.3 is 19.4 Å². The van der Waals surface area contributed by atoms with Crippen molar-refractivity contribution in [1.82, 2.24) is 14.8 Å². The van der Waals surface area contributed by atoms with E-state index >= 15 is 0 Å². The number of methoxy groups -OCH3 is 1. The van der Waals surface area contributed by atoms with Gasteiger partial charge in [-0.3, -0.25) is 9.59 Å². The highest BCUT2D eigenvalue weighted by Crippen LogP contribution is 2.30. The Hall–Kier alpha value is -3.36. The SMILES string of the molecule is COC(=O)CSC1CCN(CC2CN(c3ccccn3)CCN2C(=O)C(c2ccccc2)c2ccccc2)C1. The number of hydrogen-bond donors (Lipinski definition) is 0. The van der Waals surface area contributed by atoms with E-state index in [1.807, 2.05) is 60.8 Å². The van der Waals surface area contributed by atoms with Crippen molar-refractivity contribution >= 4 is 29.5 Å². The molecule has 0 radical (unpaired) electrons. The average Bonchev–Trinajstić information content (AvgIpc) is 3.44. The second kappa shape index (κ2) is 13.1. The lowest BCUT2D eigenvalue weighted by molar-refractivity contribution is -0.137. The van der Waals surface area contributed by atoms with E-state index in [0.717, 1.165) is 56.1 Å². The maximum absolute atomic E-state index is 14.4. The van der Waals surface area contributed by atoms with Crippen LogP contribution in [0.4, 0.5) is 5.82 Å². The van der Waals surface area contributed by atoms with E-state index < -0.39 is 0 Å². The van der Waals surface area contributed by atoms with E-state index in [9.17, 15) is 9.59 Å². The summed E-state index contributed by atoms with van der Waals surface area (Å²) in [5.41, 5.74) is 2.03. The lowest BCUT2D eigenvalue weighted by Gasteiger charge is -2.44. The molecule has 0 bridgehead atoms. The molecule has 39 heavy (non-hydrogen) atoms. The van der Waals surface area contributed by atoms with Gasteiger partial charge in [0.2, 0.25) is 5.91 Å². The van der Waals surface area contributed by atoms with Gasteiger partial charge in [0, 0.05) is 44.2 Å². The summed E-state index contributed by atoms with van der Waals surface area (Å²) in [5, 5.41) is 0.394. The van der Waals surface area contributed by atoms with E-state index in [0.29, 0.717) is 17.5 Å². The summed E-state index contributed by atoms with van der Waals surface area (Å²) < 4.78 is 4.82. The predicted octanol–water partition coefficient (Wildman–Crippen LogP) is 3.91. The molecule has 1 amide bonds. The Kier molecular flexibility index (Phi) is 9.16. The molecule has 2 aliphatic rings. The normalized spacial score (nSPS) is 19.8. The van der Waals surface area contributed by atoms with Gasteiger partial charge in [-0.25, -0.2) is 4.98 Å². The minimum atomic E-state index is -0.349. The number of amides is 1. The van der Waals surface area contributed by atoms with Crippen molar-refractivity contribution in [2.24, 2.45) is 0 Å². The zero-order valence-electron chi connectivity index (χ0n) is 22.4. The van der Waals surface area contributed by atoms with Crippen LogP contribution in [0.25, 0.3) is 0 Å². The minimum absolute atomic E-state index is 0.0209. The molecule has 0 spiro atoms. The highest BCUT2D eigenvalue weighted by Gasteiger charge is 2.37. The van der Waals surface area contributed by atoms with Crippen LogP contribution in [0, 0.1) is 0 Å². The second-order valence-corrected chi connectivity index (χ2v) is 11.4. The molecule has 2 aromatic carbocycles. The molecular formula is C31H36N4O3S. The van der Waals surface area contributed by atoms with Crippen molar-refractivity contribution in [2.75, 3.05) is 57.0 Å². The first-order valence-electron chi connectivity index (χ1n) is 13.6. The average molecular weight is 545 g/mol. The van der Waals surface area contributed by atoms with Crippen molar-refractivity contribution < 1.29 is 14.3 Å². The third kappa shape index (κ3) is 6.81. The first-order valence-corrected chi connectivity index (χ1v) is 14.6. The van der Waals surface area contributed by atoms with Crippen molar-refractivity contribution in [3.63, 3.8) is 0 Å². The molecule has 2 aliphatic heterocycles. The number of anilines is 1. The third-order valence-electron chi connectivity index (χ3n) is 7.61. The smallest absolute Gasteiger partial charge is 0.315 e. The van der Waals surface area contributed by atoms with Gasteiger partial charge in [-0.15, -0.1) is 11.8 Å². The summed E-state index contributed by atoms with van der Waals surface area (Å²) in [6, 6.07) is 26.2. The fraction of sp³-hybridized carbons (Fsp3) is 0.387. The van der Waals surface area contributed by atoms with Gasteiger partial charge in [0.25, 0.3) is 0 Å². The summed E-state index contributed by atoms with van der Waals surface area (Å²) >= 11 is 1.67. The quantitative estimate of drug-likeness (QED) is 0.379. The Balaban J connectivity index is 1.37. The number of thioether (sulfide) groups is 1. The van der Waals surface area contributed by atoms with Crippen molar-refractivity contribution in [1.29, 1.82) is 0 Å².